The monoisotopic (exact) mass is 376 g/mol. The van der Waals surface area contributed by atoms with E-state index in [1.807, 2.05) is 32.0 Å². The van der Waals surface area contributed by atoms with Gasteiger partial charge in [-0.3, -0.25) is 9.59 Å². The summed E-state index contributed by atoms with van der Waals surface area (Å²) in [6.07, 6.45) is 0.129. The first-order chi connectivity index (χ1) is 12.7. The van der Waals surface area contributed by atoms with Crippen LogP contribution in [0.2, 0.25) is 0 Å². The summed E-state index contributed by atoms with van der Waals surface area (Å²) < 4.78 is 5.77. The van der Waals surface area contributed by atoms with Crippen molar-refractivity contribution in [1.82, 2.24) is 10.2 Å². The van der Waals surface area contributed by atoms with Crippen LogP contribution in [0, 0.1) is 12.8 Å². The molecule has 3 atom stereocenters. The van der Waals surface area contributed by atoms with Crippen molar-refractivity contribution < 1.29 is 24.2 Å². The zero-order valence-electron chi connectivity index (χ0n) is 16.3. The molecule has 0 spiro atoms. The Morgan fingerprint density at radius 1 is 1.37 bits per heavy atom. The van der Waals surface area contributed by atoms with Crippen LogP contribution >= 0.6 is 0 Å². The predicted molar refractivity (Wildman–Crippen MR) is 100 cm³/mol. The van der Waals surface area contributed by atoms with Gasteiger partial charge in [0.2, 0.25) is 5.91 Å². The van der Waals surface area contributed by atoms with Crippen molar-refractivity contribution in [3.8, 4) is 5.75 Å². The molecule has 3 unspecified atom stereocenters. The summed E-state index contributed by atoms with van der Waals surface area (Å²) in [7, 11) is 0. The number of carbonyl (C=O) groups is 3. The molecule has 1 saturated heterocycles. The summed E-state index contributed by atoms with van der Waals surface area (Å²) in [6, 6.07) is 5.82. The molecule has 1 aliphatic rings. The number of aliphatic carboxylic acids is 1. The van der Waals surface area contributed by atoms with E-state index in [1.165, 1.54) is 4.90 Å². The number of rotatable bonds is 8. The Morgan fingerprint density at radius 3 is 2.63 bits per heavy atom. The maximum atomic E-state index is 12.6. The minimum atomic E-state index is -1.03. The van der Waals surface area contributed by atoms with Gasteiger partial charge in [-0.05, 0) is 43.4 Å². The number of nitrogens with one attached hydrogen (secondary N) is 1. The highest BCUT2D eigenvalue weighted by atomic mass is 16.5. The zero-order valence-corrected chi connectivity index (χ0v) is 16.3. The number of hydrogen-bond donors (Lipinski definition) is 2. The van der Waals surface area contributed by atoms with Gasteiger partial charge in [0.05, 0.1) is 0 Å². The SMILES string of the molecule is CCC(Oc1cccc(C)c1)C(=O)NC1CCN(C(C(=O)O)C(C)C)C1=O. The van der Waals surface area contributed by atoms with E-state index in [2.05, 4.69) is 5.32 Å². The third kappa shape index (κ3) is 4.99. The number of aryl methyl sites for hydroxylation is 1. The Hall–Kier alpha value is -2.57. The van der Waals surface area contributed by atoms with E-state index < -0.39 is 24.2 Å². The molecule has 0 radical (unpaired) electrons. The van der Waals surface area contributed by atoms with E-state index in [9.17, 15) is 19.5 Å². The van der Waals surface area contributed by atoms with E-state index in [-0.39, 0.29) is 17.7 Å². The summed E-state index contributed by atoms with van der Waals surface area (Å²) in [5.74, 6) is -1.36. The number of likely N-dealkylation sites (tertiary alicyclic amines) is 1. The van der Waals surface area contributed by atoms with Crippen LogP contribution in [0.15, 0.2) is 24.3 Å². The first kappa shape index (κ1) is 20.7. The van der Waals surface area contributed by atoms with Crippen LogP contribution in [0.3, 0.4) is 0 Å². The average molecular weight is 376 g/mol. The van der Waals surface area contributed by atoms with Gasteiger partial charge in [0.1, 0.15) is 17.8 Å². The largest absolute Gasteiger partial charge is 0.481 e. The second kappa shape index (κ2) is 8.88. The quantitative estimate of drug-likeness (QED) is 0.723. The van der Waals surface area contributed by atoms with Gasteiger partial charge in [0.15, 0.2) is 6.10 Å². The fourth-order valence-electron chi connectivity index (χ4n) is 3.33. The Labute approximate surface area is 159 Å². The molecule has 0 aromatic heterocycles. The number of amides is 2. The van der Waals surface area contributed by atoms with Crippen LogP contribution in [-0.4, -0.2) is 52.5 Å². The lowest BCUT2D eigenvalue weighted by Crippen LogP contribution is -2.51. The van der Waals surface area contributed by atoms with Crippen LogP contribution in [0.25, 0.3) is 0 Å². The van der Waals surface area contributed by atoms with Crippen LogP contribution in [0.5, 0.6) is 5.75 Å². The predicted octanol–water partition coefficient (Wildman–Crippen LogP) is 1.98. The van der Waals surface area contributed by atoms with Gasteiger partial charge in [-0.1, -0.05) is 32.9 Å². The van der Waals surface area contributed by atoms with Crippen LogP contribution in [0.4, 0.5) is 0 Å². The van der Waals surface area contributed by atoms with Gasteiger partial charge in [-0.15, -0.1) is 0 Å². The summed E-state index contributed by atoms with van der Waals surface area (Å²) in [5, 5.41) is 12.1. The van der Waals surface area contributed by atoms with Gasteiger partial charge in [-0.25, -0.2) is 4.79 Å². The lowest BCUT2D eigenvalue weighted by Gasteiger charge is -2.27. The van der Waals surface area contributed by atoms with Gasteiger partial charge in [0.25, 0.3) is 5.91 Å². The number of carboxylic acids is 1. The summed E-state index contributed by atoms with van der Waals surface area (Å²) in [5.41, 5.74) is 1.03. The molecule has 27 heavy (non-hydrogen) atoms. The number of ether oxygens (including phenoxy) is 1. The molecule has 2 amide bonds. The highest BCUT2D eigenvalue weighted by Crippen LogP contribution is 2.21. The number of benzene rings is 1. The molecule has 1 heterocycles. The molecule has 7 heteroatoms. The molecule has 0 aliphatic carbocycles. The maximum absolute atomic E-state index is 12.6. The molecule has 148 valence electrons. The standard InChI is InChI=1S/C20H28N2O5/c1-5-16(27-14-8-6-7-13(4)11-14)18(23)21-15-9-10-22(19(15)24)17(12(2)3)20(25)26/h6-8,11-12,15-17H,5,9-10H2,1-4H3,(H,21,23)(H,25,26). The molecule has 0 saturated carbocycles. The second-order valence-electron chi connectivity index (χ2n) is 7.24. The molecular weight excluding hydrogens is 348 g/mol. The summed E-state index contributed by atoms with van der Waals surface area (Å²) >= 11 is 0. The normalized spacial score (nSPS) is 19.1. The van der Waals surface area contributed by atoms with Gasteiger partial charge in [-0.2, -0.15) is 0 Å². The highest BCUT2D eigenvalue weighted by molar-refractivity contribution is 5.93. The average Bonchev–Trinajstić information content (AvgIpc) is 2.93. The number of carboxylic acid groups (broad SMARTS) is 1. The van der Waals surface area contributed by atoms with Crippen LogP contribution in [-0.2, 0) is 14.4 Å². The zero-order chi connectivity index (χ0) is 20.1. The Kier molecular flexibility index (Phi) is 6.82. The third-order valence-electron chi connectivity index (χ3n) is 4.71. The minimum Gasteiger partial charge on any atom is -0.481 e. The van der Waals surface area contributed by atoms with Crippen molar-refractivity contribution in [2.75, 3.05) is 6.54 Å². The number of hydrogen-bond acceptors (Lipinski definition) is 4. The number of carbonyl (C=O) groups excluding carboxylic acids is 2. The lowest BCUT2D eigenvalue weighted by atomic mass is 10.0. The molecule has 7 nitrogen and oxygen atoms in total. The number of nitrogens with zero attached hydrogens (tertiary/aromatic N) is 1. The molecule has 2 N–H and O–H groups in total. The van der Waals surface area contributed by atoms with Crippen molar-refractivity contribution in [1.29, 1.82) is 0 Å². The fraction of sp³-hybridized carbons (Fsp3) is 0.550. The molecule has 1 aromatic carbocycles. The molecule has 2 rings (SSSR count). The van der Waals surface area contributed by atoms with Crippen molar-refractivity contribution >= 4 is 17.8 Å². The van der Waals surface area contributed by atoms with Gasteiger partial charge in [0, 0.05) is 6.54 Å². The van der Waals surface area contributed by atoms with Crippen molar-refractivity contribution in [2.45, 2.75) is 58.7 Å². The Balaban J connectivity index is 2.02. The van der Waals surface area contributed by atoms with Crippen molar-refractivity contribution in [3.63, 3.8) is 0 Å². The van der Waals surface area contributed by atoms with E-state index in [1.54, 1.807) is 19.9 Å². The topological polar surface area (TPSA) is 95.9 Å². The lowest BCUT2D eigenvalue weighted by molar-refractivity contribution is -0.150. The summed E-state index contributed by atoms with van der Waals surface area (Å²) in [6.45, 7) is 7.62. The Bertz CT molecular complexity index is 703. The minimum absolute atomic E-state index is 0.214. The highest BCUT2D eigenvalue weighted by Gasteiger charge is 2.41. The van der Waals surface area contributed by atoms with Crippen LogP contribution in [0.1, 0.15) is 39.2 Å². The fourth-order valence-corrected chi connectivity index (χ4v) is 3.33. The van der Waals surface area contributed by atoms with E-state index in [0.29, 0.717) is 25.1 Å². The second-order valence-corrected chi connectivity index (χ2v) is 7.24. The molecule has 1 fully saturated rings. The van der Waals surface area contributed by atoms with Crippen molar-refractivity contribution in [2.24, 2.45) is 5.92 Å². The first-order valence-electron chi connectivity index (χ1n) is 9.31. The van der Waals surface area contributed by atoms with E-state index in [4.69, 9.17) is 4.74 Å². The Morgan fingerprint density at radius 2 is 2.07 bits per heavy atom. The van der Waals surface area contributed by atoms with Gasteiger partial charge < -0.3 is 20.1 Å². The van der Waals surface area contributed by atoms with Crippen molar-refractivity contribution in [3.05, 3.63) is 29.8 Å². The summed E-state index contributed by atoms with van der Waals surface area (Å²) in [4.78, 5) is 38.0. The first-order valence-corrected chi connectivity index (χ1v) is 9.31. The van der Waals surface area contributed by atoms with Crippen LogP contribution < -0.4 is 10.1 Å². The molecular formula is C20H28N2O5. The smallest absolute Gasteiger partial charge is 0.326 e. The van der Waals surface area contributed by atoms with E-state index >= 15 is 0 Å². The third-order valence-corrected chi connectivity index (χ3v) is 4.71. The molecule has 1 aromatic rings. The molecule has 1 aliphatic heterocycles. The van der Waals surface area contributed by atoms with E-state index in [0.717, 1.165) is 5.56 Å². The van der Waals surface area contributed by atoms with Gasteiger partial charge >= 0.3 is 5.97 Å². The molecule has 0 bridgehead atoms. The maximum Gasteiger partial charge on any atom is 0.326 e.